The van der Waals surface area contributed by atoms with Crippen molar-refractivity contribution in [2.75, 3.05) is 0 Å². The van der Waals surface area contributed by atoms with Gasteiger partial charge in [0.05, 0.1) is 0 Å². The number of hydrogen-bond acceptors (Lipinski definition) is 2. The maximum absolute atomic E-state index is 12.7. The van der Waals surface area contributed by atoms with Crippen LogP contribution in [0.15, 0.2) is 36.4 Å². The van der Waals surface area contributed by atoms with Crippen molar-refractivity contribution < 1.29 is 9.59 Å². The third kappa shape index (κ3) is 1.35. The molecule has 0 amide bonds. The van der Waals surface area contributed by atoms with E-state index in [0.717, 1.165) is 34.7 Å². The summed E-state index contributed by atoms with van der Waals surface area (Å²) in [4.78, 5) is 25.2. The fourth-order valence-electron chi connectivity index (χ4n) is 4.22. The number of Topliss-reactive ketones (excluding diaryl/α,β-unsaturated/α-hetero) is 2. The minimum Gasteiger partial charge on any atom is -0.294 e. The van der Waals surface area contributed by atoms with Gasteiger partial charge in [0, 0.05) is 29.4 Å². The van der Waals surface area contributed by atoms with Crippen LogP contribution in [0.1, 0.15) is 44.7 Å². The van der Waals surface area contributed by atoms with E-state index in [-0.39, 0.29) is 11.6 Å². The molecule has 3 aromatic rings. The summed E-state index contributed by atoms with van der Waals surface area (Å²) in [5.74, 6) is 0.214. The smallest absolute Gasteiger partial charge is 0.164 e. The van der Waals surface area contributed by atoms with E-state index in [1.54, 1.807) is 0 Å². The normalized spacial score (nSPS) is 16.5. The molecule has 0 heterocycles. The summed E-state index contributed by atoms with van der Waals surface area (Å²) in [5.41, 5.74) is 4.12. The van der Waals surface area contributed by atoms with Gasteiger partial charge >= 0.3 is 0 Å². The number of aryl methyl sites for hydroxylation is 2. The maximum atomic E-state index is 12.7. The molecule has 5 rings (SSSR count). The fourth-order valence-corrected chi connectivity index (χ4v) is 4.22. The predicted molar refractivity (Wildman–Crippen MR) is 86.8 cm³/mol. The number of hydrogen-bond donors (Lipinski definition) is 0. The van der Waals surface area contributed by atoms with Gasteiger partial charge in [-0.3, -0.25) is 9.59 Å². The van der Waals surface area contributed by atoms with E-state index >= 15 is 0 Å². The topological polar surface area (TPSA) is 34.1 Å². The molecule has 0 bridgehead atoms. The lowest BCUT2D eigenvalue weighted by atomic mass is 9.88. The number of carbonyl (C=O) groups excluding carboxylic acids is 2. The molecule has 2 aliphatic rings. The molecular formula is C20H14O2. The van der Waals surface area contributed by atoms with Crippen LogP contribution in [0.5, 0.6) is 0 Å². The molecule has 0 N–H and O–H groups in total. The molecule has 0 atom stereocenters. The molecular weight excluding hydrogens is 272 g/mol. The van der Waals surface area contributed by atoms with Gasteiger partial charge in [-0.15, -0.1) is 0 Å². The minimum absolute atomic E-state index is 0.104. The molecule has 22 heavy (non-hydrogen) atoms. The molecule has 0 saturated heterocycles. The average molecular weight is 286 g/mol. The minimum atomic E-state index is 0.104. The highest BCUT2D eigenvalue weighted by Gasteiger charge is 2.29. The Hall–Kier alpha value is -2.48. The highest BCUT2D eigenvalue weighted by atomic mass is 16.1. The quantitative estimate of drug-likeness (QED) is 0.579. The Labute approximate surface area is 127 Å². The molecule has 0 saturated carbocycles. The van der Waals surface area contributed by atoms with Crippen molar-refractivity contribution in [2.24, 2.45) is 0 Å². The molecule has 0 unspecified atom stereocenters. The van der Waals surface area contributed by atoms with Gasteiger partial charge in [-0.1, -0.05) is 36.4 Å². The molecule has 2 nitrogen and oxygen atoms in total. The largest absolute Gasteiger partial charge is 0.294 e. The van der Waals surface area contributed by atoms with Crippen molar-refractivity contribution in [1.82, 2.24) is 0 Å². The third-order valence-corrected chi connectivity index (χ3v) is 5.17. The highest BCUT2D eigenvalue weighted by molar-refractivity contribution is 6.27. The second-order valence-electron chi connectivity index (χ2n) is 6.27. The Morgan fingerprint density at radius 2 is 1.45 bits per heavy atom. The average Bonchev–Trinajstić information content (AvgIpc) is 2.93. The maximum Gasteiger partial charge on any atom is 0.164 e. The number of rotatable bonds is 0. The number of ketones is 2. The van der Waals surface area contributed by atoms with E-state index in [2.05, 4.69) is 12.1 Å². The van der Waals surface area contributed by atoms with Gasteiger partial charge in [0.1, 0.15) is 0 Å². The van der Waals surface area contributed by atoms with E-state index in [1.165, 1.54) is 21.9 Å². The van der Waals surface area contributed by atoms with Crippen molar-refractivity contribution in [3.8, 4) is 0 Å². The monoisotopic (exact) mass is 286 g/mol. The van der Waals surface area contributed by atoms with Crippen LogP contribution in [0.4, 0.5) is 0 Å². The lowest BCUT2D eigenvalue weighted by Crippen LogP contribution is -2.01. The van der Waals surface area contributed by atoms with Crippen LogP contribution in [0.3, 0.4) is 0 Å². The number of fused-ring (bicyclic) bond motifs is 3. The standard InChI is InChI=1S/C20H14O2/c21-16-9-10-17(22)19-13-4-2-1-3-12(13)14-7-5-11-6-8-15(16)20(19)18(11)14/h1-4,6,8H,5,7,9-10H2. The van der Waals surface area contributed by atoms with Gasteiger partial charge in [-0.2, -0.15) is 0 Å². The van der Waals surface area contributed by atoms with Gasteiger partial charge < -0.3 is 0 Å². The van der Waals surface area contributed by atoms with Crippen molar-refractivity contribution in [2.45, 2.75) is 25.7 Å². The van der Waals surface area contributed by atoms with Crippen LogP contribution in [-0.2, 0) is 12.8 Å². The Bertz CT molecular complexity index is 1010. The lowest BCUT2D eigenvalue weighted by molar-refractivity contribution is 0.0925. The second-order valence-corrected chi connectivity index (χ2v) is 6.27. The first-order valence-electron chi connectivity index (χ1n) is 7.81. The molecule has 2 heteroatoms. The zero-order valence-corrected chi connectivity index (χ0v) is 12.1. The van der Waals surface area contributed by atoms with Crippen LogP contribution >= 0.6 is 0 Å². The van der Waals surface area contributed by atoms with Gasteiger partial charge in [-0.05, 0) is 40.1 Å². The van der Waals surface area contributed by atoms with Crippen molar-refractivity contribution >= 4 is 33.1 Å². The first-order chi connectivity index (χ1) is 10.8. The van der Waals surface area contributed by atoms with E-state index in [9.17, 15) is 9.59 Å². The van der Waals surface area contributed by atoms with Crippen LogP contribution in [0, 0.1) is 0 Å². The van der Waals surface area contributed by atoms with Gasteiger partial charge in [0.15, 0.2) is 11.6 Å². The summed E-state index contributed by atoms with van der Waals surface area (Å²) < 4.78 is 0. The van der Waals surface area contributed by atoms with E-state index in [0.29, 0.717) is 12.8 Å². The molecule has 0 radical (unpaired) electrons. The second kappa shape index (κ2) is 4.04. The van der Waals surface area contributed by atoms with Crippen LogP contribution < -0.4 is 0 Å². The van der Waals surface area contributed by atoms with E-state index < -0.39 is 0 Å². The molecule has 0 aliphatic heterocycles. The van der Waals surface area contributed by atoms with Crippen LogP contribution in [-0.4, -0.2) is 11.6 Å². The number of carbonyl (C=O) groups is 2. The summed E-state index contributed by atoms with van der Waals surface area (Å²) in [6.45, 7) is 0. The van der Waals surface area contributed by atoms with Crippen molar-refractivity contribution in [1.29, 1.82) is 0 Å². The van der Waals surface area contributed by atoms with Crippen molar-refractivity contribution in [3.63, 3.8) is 0 Å². The van der Waals surface area contributed by atoms with Gasteiger partial charge in [0.2, 0.25) is 0 Å². The van der Waals surface area contributed by atoms with Crippen LogP contribution in [0.2, 0.25) is 0 Å². The van der Waals surface area contributed by atoms with Gasteiger partial charge in [-0.25, -0.2) is 0 Å². The molecule has 2 aliphatic carbocycles. The first kappa shape index (κ1) is 12.1. The van der Waals surface area contributed by atoms with E-state index in [4.69, 9.17) is 0 Å². The Morgan fingerprint density at radius 1 is 0.682 bits per heavy atom. The zero-order valence-electron chi connectivity index (χ0n) is 12.1. The third-order valence-electron chi connectivity index (χ3n) is 5.17. The Morgan fingerprint density at radius 3 is 2.32 bits per heavy atom. The molecule has 0 spiro atoms. The first-order valence-corrected chi connectivity index (χ1v) is 7.81. The Balaban J connectivity index is 2.16. The van der Waals surface area contributed by atoms with Gasteiger partial charge in [0.25, 0.3) is 0 Å². The van der Waals surface area contributed by atoms with E-state index in [1.807, 2.05) is 24.3 Å². The summed E-state index contributed by atoms with van der Waals surface area (Å²) in [6, 6.07) is 12.2. The SMILES string of the molecule is O=C1CCC(=O)c2c3ccccc3c3c4c(ccc1c24)CC3. The predicted octanol–water partition coefficient (Wildman–Crippen LogP) is 4.25. The summed E-state index contributed by atoms with van der Waals surface area (Å²) in [7, 11) is 0. The highest BCUT2D eigenvalue weighted by Crippen LogP contribution is 2.42. The Kier molecular flexibility index (Phi) is 2.22. The molecule has 0 aromatic heterocycles. The summed E-state index contributed by atoms with van der Waals surface area (Å²) in [6.07, 6.45) is 2.65. The molecule has 0 fully saturated rings. The zero-order chi connectivity index (χ0) is 14.8. The lowest BCUT2D eigenvalue weighted by Gasteiger charge is -2.14. The summed E-state index contributed by atoms with van der Waals surface area (Å²) in [5, 5.41) is 4.31. The van der Waals surface area contributed by atoms with Crippen molar-refractivity contribution in [3.05, 3.63) is 58.7 Å². The fraction of sp³-hybridized carbons (Fsp3) is 0.200. The number of benzene rings is 3. The molecule has 106 valence electrons. The molecule has 3 aromatic carbocycles. The summed E-state index contributed by atoms with van der Waals surface area (Å²) >= 11 is 0. The van der Waals surface area contributed by atoms with Crippen LogP contribution in [0.25, 0.3) is 21.5 Å².